The molecule has 1 aliphatic carbocycles. The van der Waals surface area contributed by atoms with Gasteiger partial charge in [-0.2, -0.15) is 11.8 Å². The minimum atomic E-state index is 0.473. The molecule has 0 radical (unpaired) electrons. The maximum Gasteiger partial charge on any atom is 0.0821 e. The van der Waals surface area contributed by atoms with E-state index in [1.807, 2.05) is 11.8 Å². The van der Waals surface area contributed by atoms with E-state index in [1.54, 1.807) is 0 Å². The van der Waals surface area contributed by atoms with Gasteiger partial charge in [-0.15, -0.1) is 0 Å². The zero-order valence-corrected chi connectivity index (χ0v) is 8.40. The van der Waals surface area contributed by atoms with Crippen LogP contribution >= 0.6 is 11.8 Å². The van der Waals surface area contributed by atoms with Crippen LogP contribution in [0, 0.1) is 5.92 Å². The quantitative estimate of drug-likeness (QED) is 0.715. The summed E-state index contributed by atoms with van der Waals surface area (Å²) in [4.78, 5) is 0. The molecule has 1 heterocycles. The Bertz CT molecular complexity index is 143. The number of likely N-dealkylation sites (N-methyl/N-ethyl adjacent to an activating group) is 1. The number of rotatable bonds is 3. The second-order valence-electron chi connectivity index (χ2n) is 3.64. The van der Waals surface area contributed by atoms with E-state index >= 15 is 0 Å². The molecule has 0 amide bonds. The topological polar surface area (TPSA) is 21.3 Å². The lowest BCUT2D eigenvalue weighted by molar-refractivity contribution is 0.0433. The van der Waals surface area contributed by atoms with Crippen LogP contribution in [0.3, 0.4) is 0 Å². The molecule has 0 aromatic rings. The molecule has 2 atom stereocenters. The van der Waals surface area contributed by atoms with Crippen LogP contribution in [0.25, 0.3) is 0 Å². The normalized spacial score (nSPS) is 33.2. The predicted molar refractivity (Wildman–Crippen MR) is 52.6 cm³/mol. The lowest BCUT2D eigenvalue weighted by atomic mass is 10.1. The minimum Gasteiger partial charge on any atom is -0.375 e. The molecule has 2 rings (SSSR count). The van der Waals surface area contributed by atoms with Gasteiger partial charge in [0.25, 0.3) is 0 Å². The molecule has 0 aromatic heterocycles. The lowest BCUT2D eigenvalue weighted by Crippen LogP contribution is -2.44. The van der Waals surface area contributed by atoms with Crippen molar-refractivity contribution in [2.75, 3.05) is 25.2 Å². The van der Waals surface area contributed by atoms with E-state index < -0.39 is 0 Å². The first kappa shape index (κ1) is 8.85. The molecule has 70 valence electrons. The van der Waals surface area contributed by atoms with Gasteiger partial charge < -0.3 is 10.1 Å². The number of ether oxygens (including phenoxy) is 1. The van der Waals surface area contributed by atoms with E-state index in [0.29, 0.717) is 12.1 Å². The monoisotopic (exact) mass is 187 g/mol. The van der Waals surface area contributed by atoms with Crippen LogP contribution in [-0.2, 0) is 4.74 Å². The van der Waals surface area contributed by atoms with Crippen molar-refractivity contribution in [2.45, 2.75) is 25.0 Å². The van der Waals surface area contributed by atoms with Crippen molar-refractivity contribution < 1.29 is 4.74 Å². The van der Waals surface area contributed by atoms with E-state index in [9.17, 15) is 0 Å². The van der Waals surface area contributed by atoms with E-state index in [1.165, 1.54) is 24.3 Å². The molecule has 1 saturated heterocycles. The maximum absolute atomic E-state index is 5.75. The molecular formula is C9H17NOS. The third-order valence-electron chi connectivity index (χ3n) is 2.71. The second kappa shape index (κ2) is 3.99. The lowest BCUT2D eigenvalue weighted by Gasteiger charge is -2.29. The van der Waals surface area contributed by atoms with Crippen molar-refractivity contribution in [1.82, 2.24) is 5.32 Å². The van der Waals surface area contributed by atoms with Gasteiger partial charge in [0.2, 0.25) is 0 Å². The fraction of sp³-hybridized carbons (Fsp3) is 1.00. The first-order valence-corrected chi connectivity index (χ1v) is 5.94. The molecule has 2 nitrogen and oxygen atoms in total. The molecule has 0 spiro atoms. The highest BCUT2D eigenvalue weighted by Crippen LogP contribution is 2.35. The molecule has 3 heteroatoms. The minimum absolute atomic E-state index is 0.473. The first-order valence-electron chi connectivity index (χ1n) is 4.78. The van der Waals surface area contributed by atoms with Crippen LogP contribution < -0.4 is 5.32 Å². The zero-order valence-electron chi connectivity index (χ0n) is 7.58. The Morgan fingerprint density at radius 1 is 1.50 bits per heavy atom. The van der Waals surface area contributed by atoms with Gasteiger partial charge in [0.15, 0.2) is 0 Å². The van der Waals surface area contributed by atoms with Gasteiger partial charge in [0.05, 0.1) is 12.7 Å². The molecule has 1 saturated carbocycles. The third-order valence-corrected chi connectivity index (χ3v) is 3.73. The average molecular weight is 187 g/mol. The molecule has 12 heavy (non-hydrogen) atoms. The molecular weight excluding hydrogens is 170 g/mol. The van der Waals surface area contributed by atoms with Gasteiger partial charge >= 0.3 is 0 Å². The van der Waals surface area contributed by atoms with Crippen LogP contribution in [0.5, 0.6) is 0 Å². The Hall–Kier alpha value is 0.270. The van der Waals surface area contributed by atoms with Gasteiger partial charge in [-0.25, -0.2) is 0 Å². The Balaban J connectivity index is 1.85. The Morgan fingerprint density at radius 2 is 2.33 bits per heavy atom. The van der Waals surface area contributed by atoms with Gasteiger partial charge in [0, 0.05) is 17.5 Å². The van der Waals surface area contributed by atoms with Crippen molar-refractivity contribution in [1.29, 1.82) is 0 Å². The summed E-state index contributed by atoms with van der Waals surface area (Å²) in [6.45, 7) is 0.945. The molecule has 1 aliphatic heterocycles. The summed E-state index contributed by atoms with van der Waals surface area (Å²) < 4.78 is 5.75. The van der Waals surface area contributed by atoms with E-state index in [4.69, 9.17) is 4.74 Å². The smallest absolute Gasteiger partial charge is 0.0821 e. The van der Waals surface area contributed by atoms with Gasteiger partial charge in [-0.05, 0) is 25.8 Å². The van der Waals surface area contributed by atoms with Crippen LogP contribution in [0.15, 0.2) is 0 Å². The third kappa shape index (κ3) is 1.95. The van der Waals surface area contributed by atoms with Gasteiger partial charge in [0.1, 0.15) is 0 Å². The van der Waals surface area contributed by atoms with Crippen molar-refractivity contribution in [2.24, 2.45) is 5.92 Å². The number of thioether (sulfide) groups is 1. The standard InChI is InChI=1S/C9H17NOS/c1-10-9(7-2-3-7)8-6-12-5-4-11-8/h7-10H,2-6H2,1H3. The van der Waals surface area contributed by atoms with Crippen molar-refractivity contribution in [3.63, 3.8) is 0 Å². The summed E-state index contributed by atoms with van der Waals surface area (Å²) in [6, 6.07) is 0.623. The van der Waals surface area contributed by atoms with Crippen LogP contribution in [0.1, 0.15) is 12.8 Å². The average Bonchev–Trinajstić information content (AvgIpc) is 2.92. The van der Waals surface area contributed by atoms with E-state index in [-0.39, 0.29) is 0 Å². The van der Waals surface area contributed by atoms with Crippen molar-refractivity contribution >= 4 is 11.8 Å². The maximum atomic E-state index is 5.75. The summed E-state index contributed by atoms with van der Waals surface area (Å²) in [6.07, 6.45) is 3.27. The summed E-state index contributed by atoms with van der Waals surface area (Å²) in [7, 11) is 2.06. The first-order chi connectivity index (χ1) is 5.92. The highest BCUT2D eigenvalue weighted by atomic mass is 32.2. The van der Waals surface area contributed by atoms with E-state index in [2.05, 4.69) is 12.4 Å². The summed E-state index contributed by atoms with van der Waals surface area (Å²) >= 11 is 2.03. The number of nitrogens with one attached hydrogen (secondary N) is 1. The van der Waals surface area contributed by atoms with Crippen LogP contribution in [0.4, 0.5) is 0 Å². The fourth-order valence-electron chi connectivity index (χ4n) is 1.89. The molecule has 0 aromatic carbocycles. The molecule has 2 aliphatic rings. The van der Waals surface area contributed by atoms with Crippen molar-refractivity contribution in [3.8, 4) is 0 Å². The molecule has 1 N–H and O–H groups in total. The zero-order chi connectivity index (χ0) is 8.39. The van der Waals surface area contributed by atoms with E-state index in [0.717, 1.165) is 12.5 Å². The number of hydrogen-bond acceptors (Lipinski definition) is 3. The van der Waals surface area contributed by atoms with Crippen molar-refractivity contribution in [3.05, 3.63) is 0 Å². The Kier molecular flexibility index (Phi) is 2.94. The predicted octanol–water partition coefficient (Wildman–Crippen LogP) is 1.12. The van der Waals surface area contributed by atoms with Gasteiger partial charge in [-0.1, -0.05) is 0 Å². The highest BCUT2D eigenvalue weighted by molar-refractivity contribution is 7.99. The summed E-state index contributed by atoms with van der Waals surface area (Å²) in [5.74, 6) is 3.26. The molecule has 2 unspecified atom stereocenters. The second-order valence-corrected chi connectivity index (χ2v) is 4.79. The van der Waals surface area contributed by atoms with Gasteiger partial charge in [-0.3, -0.25) is 0 Å². The number of hydrogen-bond donors (Lipinski definition) is 1. The largest absolute Gasteiger partial charge is 0.375 e. The highest BCUT2D eigenvalue weighted by Gasteiger charge is 2.36. The molecule has 0 bridgehead atoms. The van der Waals surface area contributed by atoms with Crippen LogP contribution in [0.2, 0.25) is 0 Å². The SMILES string of the molecule is CNC(C1CC1)C1CSCCO1. The molecule has 2 fully saturated rings. The summed E-state index contributed by atoms with van der Waals surface area (Å²) in [5, 5.41) is 3.40. The summed E-state index contributed by atoms with van der Waals surface area (Å²) in [5.41, 5.74) is 0. The van der Waals surface area contributed by atoms with Crippen LogP contribution in [-0.4, -0.2) is 37.3 Å². The Labute approximate surface area is 78.4 Å². The Morgan fingerprint density at radius 3 is 2.83 bits per heavy atom. The fourth-order valence-corrected chi connectivity index (χ4v) is 2.81.